The molecule has 156 valence electrons. The van der Waals surface area contributed by atoms with Gasteiger partial charge in [0.2, 0.25) is 10.3 Å². The highest BCUT2D eigenvalue weighted by Crippen LogP contribution is 2.39. The molecule has 0 fully saturated rings. The van der Waals surface area contributed by atoms with Gasteiger partial charge in [0, 0.05) is 18.2 Å². The Hall–Kier alpha value is -3.34. The number of hydrogen-bond acceptors (Lipinski definition) is 5. The summed E-state index contributed by atoms with van der Waals surface area (Å²) >= 11 is 0.475. The molecular formula is C19H12F5N3O2S. The van der Waals surface area contributed by atoms with Crippen LogP contribution in [0.5, 0.6) is 0 Å². The van der Waals surface area contributed by atoms with Crippen LogP contribution in [-0.4, -0.2) is 29.3 Å². The molecule has 3 aromatic rings. The molecule has 0 saturated heterocycles. The van der Waals surface area contributed by atoms with Crippen molar-refractivity contribution in [3.8, 4) is 11.3 Å². The smallest absolute Gasteiger partial charge is 0.417 e. The van der Waals surface area contributed by atoms with Gasteiger partial charge in [-0.15, -0.1) is 0 Å². The van der Waals surface area contributed by atoms with Crippen molar-refractivity contribution in [2.24, 2.45) is 5.10 Å². The van der Waals surface area contributed by atoms with Crippen molar-refractivity contribution in [3.05, 3.63) is 70.1 Å². The Morgan fingerprint density at radius 2 is 1.90 bits per heavy atom. The highest BCUT2D eigenvalue weighted by Gasteiger charge is 2.35. The van der Waals surface area contributed by atoms with Crippen molar-refractivity contribution in [3.63, 3.8) is 0 Å². The molecule has 1 heterocycles. The number of aromatic carboxylic acids is 1. The Labute approximate surface area is 170 Å². The molecule has 2 aromatic carbocycles. The van der Waals surface area contributed by atoms with E-state index < -0.39 is 39.9 Å². The minimum atomic E-state index is -4.69. The first kappa shape index (κ1) is 21.4. The van der Waals surface area contributed by atoms with Crippen molar-refractivity contribution in [1.82, 2.24) is 4.98 Å². The Balaban J connectivity index is 1.93. The van der Waals surface area contributed by atoms with Crippen LogP contribution < -0.4 is 5.01 Å². The molecule has 30 heavy (non-hydrogen) atoms. The van der Waals surface area contributed by atoms with Gasteiger partial charge < -0.3 is 5.11 Å². The van der Waals surface area contributed by atoms with Gasteiger partial charge in [-0.3, -0.25) is 0 Å². The number of carboxylic acid groups (broad SMARTS) is 1. The first-order valence-electron chi connectivity index (χ1n) is 8.21. The predicted molar refractivity (Wildman–Crippen MR) is 102 cm³/mol. The van der Waals surface area contributed by atoms with E-state index in [1.165, 1.54) is 25.2 Å². The molecule has 3 rings (SSSR count). The van der Waals surface area contributed by atoms with Crippen LogP contribution in [0.25, 0.3) is 11.3 Å². The third kappa shape index (κ3) is 4.46. The van der Waals surface area contributed by atoms with Gasteiger partial charge in [0.25, 0.3) is 0 Å². The molecule has 0 bridgehead atoms. The molecule has 11 heteroatoms. The Morgan fingerprint density at radius 1 is 1.20 bits per heavy atom. The Morgan fingerprint density at radius 3 is 2.57 bits per heavy atom. The maximum absolute atomic E-state index is 14.4. The lowest BCUT2D eigenvalue weighted by atomic mass is 10.0. The topological polar surface area (TPSA) is 65.8 Å². The second-order valence-corrected chi connectivity index (χ2v) is 6.89. The number of anilines is 1. The fraction of sp³-hybridized carbons (Fsp3) is 0.105. The van der Waals surface area contributed by atoms with Gasteiger partial charge in [0.05, 0.1) is 17.3 Å². The number of carboxylic acids is 1. The number of hydrazone groups is 1. The van der Waals surface area contributed by atoms with Gasteiger partial charge in [-0.05, 0) is 24.3 Å². The summed E-state index contributed by atoms with van der Waals surface area (Å²) in [6, 6.07) is 7.54. The van der Waals surface area contributed by atoms with Crippen molar-refractivity contribution < 1.29 is 31.9 Å². The molecule has 0 aliphatic heterocycles. The summed E-state index contributed by atoms with van der Waals surface area (Å²) < 4.78 is 67.3. The zero-order valence-corrected chi connectivity index (χ0v) is 15.9. The number of benzene rings is 2. The Kier molecular flexibility index (Phi) is 5.83. The second kappa shape index (κ2) is 8.19. The van der Waals surface area contributed by atoms with Crippen LogP contribution in [0.4, 0.5) is 27.1 Å². The second-order valence-electron chi connectivity index (χ2n) is 5.97. The van der Waals surface area contributed by atoms with E-state index in [1.807, 2.05) is 0 Å². The zero-order chi connectivity index (χ0) is 22.1. The summed E-state index contributed by atoms with van der Waals surface area (Å²) in [6.45, 7) is 0. The van der Waals surface area contributed by atoms with Crippen LogP contribution in [-0.2, 0) is 6.18 Å². The highest BCUT2D eigenvalue weighted by molar-refractivity contribution is 7.14. The molecule has 0 atom stereocenters. The number of halogens is 5. The molecule has 0 radical (unpaired) electrons. The zero-order valence-electron chi connectivity index (χ0n) is 15.1. The van der Waals surface area contributed by atoms with E-state index >= 15 is 0 Å². The maximum Gasteiger partial charge on any atom is 0.417 e. The van der Waals surface area contributed by atoms with Gasteiger partial charge in [0.15, 0.2) is 0 Å². The summed E-state index contributed by atoms with van der Waals surface area (Å²) in [7, 11) is 1.36. The van der Waals surface area contributed by atoms with E-state index in [9.17, 15) is 26.7 Å². The fourth-order valence-corrected chi connectivity index (χ4v) is 3.29. The normalized spacial score (nSPS) is 11.8. The standard InChI is InChI=1S/C19H12F5N3O2S/c1-27(25-9-10-6-7-11(20)8-13(10)17(28)29)18-26-15(16(21)30-18)12-4-2-3-5-14(12)19(22,23)24/h2-9H,1H3,(H,28,29)/b25-9+. The molecule has 1 N–H and O–H groups in total. The number of alkyl halides is 3. The van der Waals surface area contributed by atoms with Gasteiger partial charge in [-0.1, -0.05) is 29.5 Å². The molecular weight excluding hydrogens is 429 g/mol. The number of nitrogens with zero attached hydrogens (tertiary/aromatic N) is 3. The molecule has 0 spiro atoms. The number of thiazole rings is 1. The third-order valence-corrected chi connectivity index (χ3v) is 4.87. The van der Waals surface area contributed by atoms with Gasteiger partial charge in [-0.25, -0.2) is 19.2 Å². The van der Waals surface area contributed by atoms with Crippen LogP contribution in [0.15, 0.2) is 47.6 Å². The van der Waals surface area contributed by atoms with E-state index in [0.717, 1.165) is 35.5 Å². The predicted octanol–water partition coefficient (Wildman–Crippen LogP) is 5.28. The molecule has 0 aliphatic carbocycles. The number of aromatic nitrogens is 1. The van der Waals surface area contributed by atoms with E-state index in [2.05, 4.69) is 10.1 Å². The first-order valence-corrected chi connectivity index (χ1v) is 9.03. The summed E-state index contributed by atoms with van der Waals surface area (Å²) in [5.74, 6) is -2.11. The van der Waals surface area contributed by atoms with Gasteiger partial charge >= 0.3 is 12.1 Å². The maximum atomic E-state index is 14.4. The van der Waals surface area contributed by atoms with Crippen LogP contribution >= 0.6 is 11.3 Å². The lowest BCUT2D eigenvalue weighted by molar-refractivity contribution is -0.137. The molecule has 5 nitrogen and oxygen atoms in total. The summed E-state index contributed by atoms with van der Waals surface area (Å²) in [4.78, 5) is 15.1. The lowest BCUT2D eigenvalue weighted by Gasteiger charge is -2.11. The minimum Gasteiger partial charge on any atom is -0.478 e. The minimum absolute atomic E-state index is 0.0604. The average Bonchev–Trinajstić information content (AvgIpc) is 3.07. The average molecular weight is 441 g/mol. The molecule has 0 unspecified atom stereocenters. The molecule has 0 amide bonds. The van der Waals surface area contributed by atoms with Crippen molar-refractivity contribution in [1.29, 1.82) is 0 Å². The van der Waals surface area contributed by atoms with E-state index in [-0.39, 0.29) is 16.3 Å². The van der Waals surface area contributed by atoms with Gasteiger partial charge in [0.1, 0.15) is 11.5 Å². The van der Waals surface area contributed by atoms with Crippen molar-refractivity contribution in [2.45, 2.75) is 6.18 Å². The third-order valence-electron chi connectivity index (χ3n) is 3.95. The largest absolute Gasteiger partial charge is 0.478 e. The molecule has 1 aromatic heterocycles. The molecule has 0 aliphatic rings. The monoisotopic (exact) mass is 441 g/mol. The van der Waals surface area contributed by atoms with Crippen LogP contribution in [0.1, 0.15) is 21.5 Å². The summed E-state index contributed by atoms with van der Waals surface area (Å²) in [6.07, 6.45) is -3.59. The SMILES string of the molecule is CN(/N=C/c1ccc(F)cc1C(=O)O)c1nc(-c2ccccc2C(F)(F)F)c(F)s1. The number of hydrogen-bond donors (Lipinski definition) is 1. The van der Waals surface area contributed by atoms with E-state index in [1.54, 1.807) is 0 Å². The van der Waals surface area contributed by atoms with Crippen LogP contribution in [0.2, 0.25) is 0 Å². The van der Waals surface area contributed by atoms with E-state index in [0.29, 0.717) is 11.3 Å². The van der Waals surface area contributed by atoms with E-state index in [4.69, 9.17) is 5.11 Å². The highest BCUT2D eigenvalue weighted by atomic mass is 32.1. The lowest BCUT2D eigenvalue weighted by Crippen LogP contribution is -2.10. The Bertz CT molecular complexity index is 1130. The van der Waals surface area contributed by atoms with Crippen molar-refractivity contribution in [2.75, 3.05) is 12.1 Å². The summed E-state index contributed by atoms with van der Waals surface area (Å²) in [5.41, 5.74) is -2.16. The van der Waals surface area contributed by atoms with Crippen molar-refractivity contribution >= 4 is 28.7 Å². The fourth-order valence-electron chi connectivity index (χ4n) is 2.56. The number of carbonyl (C=O) groups is 1. The van der Waals surface area contributed by atoms with Crippen LogP contribution in [0.3, 0.4) is 0 Å². The summed E-state index contributed by atoms with van der Waals surface area (Å²) in [5, 5.41) is 13.2. The van der Waals surface area contributed by atoms with Crippen LogP contribution in [0, 0.1) is 10.9 Å². The first-order chi connectivity index (χ1) is 14.1. The number of rotatable bonds is 5. The quantitative estimate of drug-likeness (QED) is 0.333. The molecule has 0 saturated carbocycles. The van der Waals surface area contributed by atoms with Gasteiger partial charge in [-0.2, -0.15) is 22.7 Å².